The smallest absolute Gasteiger partial charge is 0.273 e. The van der Waals surface area contributed by atoms with E-state index in [4.69, 9.17) is 0 Å². The van der Waals surface area contributed by atoms with Crippen LogP contribution in [-0.4, -0.2) is 25.1 Å². The van der Waals surface area contributed by atoms with Gasteiger partial charge >= 0.3 is 12.4 Å². The molecule has 0 atom stereocenters. The Balaban J connectivity index is 1.93. The highest BCUT2D eigenvalue weighted by atomic mass is 19.4. The molecular formula is C14H7F6N5. The zero-order valence-corrected chi connectivity index (χ0v) is 12.0. The number of aromatic amines is 1. The van der Waals surface area contributed by atoms with Gasteiger partial charge in [-0.15, -0.1) is 0 Å². The zero-order chi connectivity index (χ0) is 18.2. The van der Waals surface area contributed by atoms with Crippen molar-refractivity contribution >= 4 is 0 Å². The van der Waals surface area contributed by atoms with E-state index in [0.29, 0.717) is 0 Å². The molecule has 0 aliphatic carbocycles. The standard InChI is InChI=1S/C14H7F6N5/c15-13(16,17)11-4-10(24-25-11)9-3-1-2-8(23-9)7-5-21-12(22-6-7)14(18,19)20/h1-6H,(H,24,25). The lowest BCUT2D eigenvalue weighted by Gasteiger charge is -2.06. The van der Waals surface area contributed by atoms with Crippen molar-refractivity contribution in [3.8, 4) is 22.6 Å². The molecule has 11 heteroatoms. The predicted molar refractivity (Wildman–Crippen MR) is 72.8 cm³/mol. The summed E-state index contributed by atoms with van der Waals surface area (Å²) in [4.78, 5) is 10.5. The lowest BCUT2D eigenvalue weighted by atomic mass is 10.2. The third kappa shape index (κ3) is 3.59. The highest BCUT2D eigenvalue weighted by molar-refractivity contribution is 5.63. The summed E-state index contributed by atoms with van der Waals surface area (Å²) >= 11 is 0. The highest BCUT2D eigenvalue weighted by Gasteiger charge is 2.34. The normalized spacial score (nSPS) is 12.4. The van der Waals surface area contributed by atoms with Gasteiger partial charge in [0.2, 0.25) is 5.82 Å². The van der Waals surface area contributed by atoms with Crippen molar-refractivity contribution in [2.45, 2.75) is 12.4 Å². The number of H-pyrrole nitrogens is 1. The van der Waals surface area contributed by atoms with Crippen LogP contribution in [0.4, 0.5) is 26.3 Å². The molecule has 0 amide bonds. The molecule has 0 bridgehead atoms. The van der Waals surface area contributed by atoms with Gasteiger partial charge in [0, 0.05) is 18.0 Å². The molecule has 0 aliphatic rings. The first-order chi connectivity index (χ1) is 11.6. The average molecular weight is 359 g/mol. The molecule has 0 unspecified atom stereocenters. The SMILES string of the molecule is FC(F)(F)c1ncc(-c2cccc(-c3cc(C(F)(F)F)[nH]n3)n2)cn1. The van der Waals surface area contributed by atoms with Gasteiger partial charge in [-0.3, -0.25) is 5.10 Å². The number of alkyl halides is 6. The van der Waals surface area contributed by atoms with Crippen molar-refractivity contribution in [1.29, 1.82) is 0 Å². The van der Waals surface area contributed by atoms with E-state index in [-0.39, 0.29) is 22.6 Å². The van der Waals surface area contributed by atoms with Crippen LogP contribution in [0.2, 0.25) is 0 Å². The first-order valence-electron chi connectivity index (χ1n) is 6.64. The summed E-state index contributed by atoms with van der Waals surface area (Å²) in [6.07, 6.45) is -7.37. The Hall–Kier alpha value is -2.98. The van der Waals surface area contributed by atoms with Crippen LogP contribution >= 0.6 is 0 Å². The average Bonchev–Trinajstić information content (AvgIpc) is 3.05. The second-order valence-corrected chi connectivity index (χ2v) is 4.87. The molecule has 0 spiro atoms. The molecule has 1 N–H and O–H groups in total. The molecule has 3 aromatic rings. The fraction of sp³-hybridized carbons (Fsp3) is 0.143. The fourth-order valence-corrected chi connectivity index (χ4v) is 1.94. The van der Waals surface area contributed by atoms with Gasteiger partial charge in [0.1, 0.15) is 11.4 Å². The molecule has 3 heterocycles. The maximum Gasteiger partial charge on any atom is 0.451 e. The Bertz CT molecular complexity index is 882. The van der Waals surface area contributed by atoms with E-state index in [2.05, 4.69) is 20.1 Å². The van der Waals surface area contributed by atoms with Gasteiger partial charge in [-0.1, -0.05) is 6.07 Å². The van der Waals surface area contributed by atoms with Crippen LogP contribution in [0.5, 0.6) is 0 Å². The van der Waals surface area contributed by atoms with Gasteiger partial charge in [-0.25, -0.2) is 15.0 Å². The number of hydrogen-bond donors (Lipinski definition) is 1. The van der Waals surface area contributed by atoms with Crippen molar-refractivity contribution in [2.75, 3.05) is 0 Å². The van der Waals surface area contributed by atoms with Crippen molar-refractivity contribution in [1.82, 2.24) is 25.1 Å². The summed E-state index contributed by atoms with van der Waals surface area (Å²) in [5, 5.41) is 5.41. The van der Waals surface area contributed by atoms with Crippen LogP contribution in [0.25, 0.3) is 22.6 Å². The number of pyridine rings is 1. The van der Waals surface area contributed by atoms with Crippen LogP contribution in [0.15, 0.2) is 36.7 Å². The topological polar surface area (TPSA) is 67.3 Å². The third-order valence-electron chi connectivity index (χ3n) is 3.10. The zero-order valence-electron chi connectivity index (χ0n) is 12.0. The highest BCUT2D eigenvalue weighted by Crippen LogP contribution is 2.30. The van der Waals surface area contributed by atoms with Gasteiger partial charge in [0.25, 0.3) is 0 Å². The number of nitrogens with one attached hydrogen (secondary N) is 1. The number of hydrogen-bond acceptors (Lipinski definition) is 4. The first-order valence-corrected chi connectivity index (χ1v) is 6.64. The van der Waals surface area contributed by atoms with Crippen molar-refractivity contribution in [2.24, 2.45) is 0 Å². The van der Waals surface area contributed by atoms with Crippen LogP contribution in [0, 0.1) is 0 Å². The minimum atomic E-state index is -4.67. The van der Waals surface area contributed by atoms with Gasteiger partial charge in [0.15, 0.2) is 0 Å². The lowest BCUT2D eigenvalue weighted by Crippen LogP contribution is -2.10. The quantitative estimate of drug-likeness (QED) is 0.703. The van der Waals surface area contributed by atoms with Crippen molar-refractivity contribution in [3.63, 3.8) is 0 Å². The molecule has 5 nitrogen and oxygen atoms in total. The van der Waals surface area contributed by atoms with E-state index < -0.39 is 23.9 Å². The summed E-state index contributed by atoms with van der Waals surface area (Å²) in [7, 11) is 0. The predicted octanol–water partition coefficient (Wildman–Crippen LogP) is 3.97. The van der Waals surface area contributed by atoms with E-state index in [0.717, 1.165) is 18.5 Å². The van der Waals surface area contributed by atoms with E-state index in [1.165, 1.54) is 18.2 Å². The van der Waals surface area contributed by atoms with Crippen molar-refractivity contribution < 1.29 is 26.3 Å². The Morgan fingerprint density at radius 1 is 0.800 bits per heavy atom. The maximum atomic E-state index is 12.6. The van der Waals surface area contributed by atoms with Crippen LogP contribution in [0.1, 0.15) is 11.5 Å². The second-order valence-electron chi connectivity index (χ2n) is 4.87. The minimum Gasteiger partial charge on any atom is -0.273 e. The first kappa shape index (κ1) is 16.9. The van der Waals surface area contributed by atoms with Gasteiger partial charge < -0.3 is 0 Å². The summed E-state index contributed by atoms with van der Waals surface area (Å²) in [6.45, 7) is 0. The second kappa shape index (κ2) is 5.83. The van der Waals surface area contributed by atoms with Crippen molar-refractivity contribution in [3.05, 3.63) is 48.2 Å². The van der Waals surface area contributed by atoms with E-state index in [1.807, 2.05) is 5.10 Å². The van der Waals surface area contributed by atoms with Gasteiger partial charge in [-0.05, 0) is 18.2 Å². The fourth-order valence-electron chi connectivity index (χ4n) is 1.94. The summed E-state index contributed by atoms with van der Waals surface area (Å²) in [6, 6.07) is 5.16. The Kier molecular flexibility index (Phi) is 3.93. The molecule has 130 valence electrons. The largest absolute Gasteiger partial charge is 0.451 e. The summed E-state index contributed by atoms with van der Waals surface area (Å²) in [5.41, 5.74) is -0.595. The van der Waals surface area contributed by atoms with Gasteiger partial charge in [0.05, 0.1) is 11.4 Å². The molecule has 0 fully saturated rings. The number of aromatic nitrogens is 5. The van der Waals surface area contributed by atoms with Gasteiger partial charge in [-0.2, -0.15) is 31.4 Å². The van der Waals surface area contributed by atoms with Crippen LogP contribution < -0.4 is 0 Å². The molecule has 0 aromatic carbocycles. The summed E-state index contributed by atoms with van der Waals surface area (Å²) in [5.74, 6) is -1.30. The Morgan fingerprint density at radius 2 is 1.44 bits per heavy atom. The summed E-state index contributed by atoms with van der Waals surface area (Å²) < 4.78 is 75.2. The van der Waals surface area contributed by atoms with Crippen LogP contribution in [-0.2, 0) is 12.4 Å². The number of nitrogens with zero attached hydrogens (tertiary/aromatic N) is 4. The van der Waals surface area contributed by atoms with E-state index in [1.54, 1.807) is 0 Å². The Labute approximate surface area is 135 Å². The van der Waals surface area contributed by atoms with E-state index in [9.17, 15) is 26.3 Å². The molecule has 0 saturated carbocycles. The minimum absolute atomic E-state index is 0.0537. The Morgan fingerprint density at radius 3 is 2.00 bits per heavy atom. The molecule has 25 heavy (non-hydrogen) atoms. The molecule has 3 aromatic heterocycles. The number of rotatable bonds is 2. The van der Waals surface area contributed by atoms with E-state index >= 15 is 0 Å². The molecule has 3 rings (SSSR count). The monoisotopic (exact) mass is 359 g/mol. The number of halogens is 6. The molecule has 0 radical (unpaired) electrons. The third-order valence-corrected chi connectivity index (χ3v) is 3.10. The molecule has 0 saturated heterocycles. The maximum absolute atomic E-state index is 12.6. The molecule has 0 aliphatic heterocycles. The molecular weight excluding hydrogens is 352 g/mol. The lowest BCUT2D eigenvalue weighted by molar-refractivity contribution is -0.145. The van der Waals surface area contributed by atoms with Crippen LogP contribution in [0.3, 0.4) is 0 Å².